The van der Waals surface area contributed by atoms with Gasteiger partial charge in [-0.25, -0.2) is 0 Å². The zero-order valence-electron chi connectivity index (χ0n) is 12.1. The van der Waals surface area contributed by atoms with E-state index in [2.05, 4.69) is 0 Å². The number of likely N-dealkylation sites (tertiary alicyclic amines) is 1. The Bertz CT molecular complexity index is 468. The fourth-order valence-corrected chi connectivity index (χ4v) is 2.58. The van der Waals surface area contributed by atoms with E-state index in [1.165, 1.54) is 7.11 Å². The minimum Gasteiger partial charge on any atom is -0.494 e. The molecule has 2 N–H and O–H groups in total. The maximum atomic E-state index is 12.5. The van der Waals surface area contributed by atoms with Gasteiger partial charge in [0, 0.05) is 19.7 Å². The molecule has 0 aliphatic carbocycles. The fourth-order valence-electron chi connectivity index (χ4n) is 2.58. The molecule has 1 aromatic rings. The fraction of sp³-hybridized carbons (Fsp3) is 0.533. The molecule has 1 amide bonds. The first kappa shape index (κ1) is 14.7. The van der Waals surface area contributed by atoms with Crippen LogP contribution in [0.25, 0.3) is 0 Å². The van der Waals surface area contributed by atoms with Crippen molar-refractivity contribution in [2.45, 2.75) is 25.9 Å². The Morgan fingerprint density at radius 3 is 2.70 bits per heavy atom. The second-order valence-corrected chi connectivity index (χ2v) is 4.87. The van der Waals surface area contributed by atoms with Gasteiger partial charge in [0.15, 0.2) is 5.75 Å². The number of nitrogens with zero attached hydrogens (tertiary/aromatic N) is 1. The summed E-state index contributed by atoms with van der Waals surface area (Å²) in [5, 5.41) is 0. The topological polar surface area (TPSA) is 64.8 Å². The van der Waals surface area contributed by atoms with E-state index >= 15 is 0 Å². The number of nitrogen functional groups attached to an aromatic ring is 1. The van der Waals surface area contributed by atoms with E-state index in [1.807, 2.05) is 11.8 Å². The number of amides is 1. The lowest BCUT2D eigenvalue weighted by atomic mass is 10.1. The average molecular weight is 278 g/mol. The van der Waals surface area contributed by atoms with Crippen molar-refractivity contribution < 1.29 is 14.3 Å². The van der Waals surface area contributed by atoms with Crippen molar-refractivity contribution in [3.8, 4) is 5.75 Å². The molecular weight excluding hydrogens is 256 g/mol. The van der Waals surface area contributed by atoms with Crippen LogP contribution in [0.5, 0.6) is 5.75 Å². The van der Waals surface area contributed by atoms with Gasteiger partial charge in [0.1, 0.15) is 0 Å². The third-order valence-corrected chi connectivity index (χ3v) is 3.61. The highest BCUT2D eigenvalue weighted by atomic mass is 16.5. The van der Waals surface area contributed by atoms with Crippen LogP contribution in [-0.2, 0) is 4.74 Å². The summed E-state index contributed by atoms with van der Waals surface area (Å²) in [5.41, 5.74) is 6.86. The van der Waals surface area contributed by atoms with Crippen molar-refractivity contribution >= 4 is 11.6 Å². The first-order chi connectivity index (χ1) is 9.67. The van der Waals surface area contributed by atoms with Gasteiger partial charge in [0.2, 0.25) is 0 Å². The SMILES string of the molecule is CCOC1CCN(C(=O)c2cccc(N)c2OC)CC1. The number of benzene rings is 1. The van der Waals surface area contributed by atoms with Crippen molar-refractivity contribution in [2.24, 2.45) is 0 Å². The number of hydrogen-bond donors (Lipinski definition) is 1. The lowest BCUT2D eigenvalue weighted by molar-refractivity contribution is 0.0145. The summed E-state index contributed by atoms with van der Waals surface area (Å²) in [5.74, 6) is 0.438. The molecule has 110 valence electrons. The molecule has 0 aromatic heterocycles. The normalized spacial score (nSPS) is 16.2. The van der Waals surface area contributed by atoms with E-state index in [4.69, 9.17) is 15.2 Å². The molecular formula is C15H22N2O3. The van der Waals surface area contributed by atoms with Gasteiger partial charge < -0.3 is 20.1 Å². The molecule has 0 radical (unpaired) electrons. The Hall–Kier alpha value is -1.75. The third kappa shape index (κ3) is 3.04. The molecule has 0 spiro atoms. The molecule has 1 aromatic carbocycles. The molecule has 5 heteroatoms. The Balaban J connectivity index is 2.08. The summed E-state index contributed by atoms with van der Waals surface area (Å²) in [6, 6.07) is 5.27. The molecule has 1 aliphatic rings. The Kier molecular flexibility index (Phi) is 4.84. The van der Waals surface area contributed by atoms with Gasteiger partial charge in [-0.05, 0) is 31.9 Å². The van der Waals surface area contributed by atoms with Crippen LogP contribution in [0.3, 0.4) is 0 Å². The van der Waals surface area contributed by atoms with Crippen molar-refractivity contribution in [3.05, 3.63) is 23.8 Å². The number of piperidine rings is 1. The summed E-state index contributed by atoms with van der Waals surface area (Å²) >= 11 is 0. The number of rotatable bonds is 4. The zero-order valence-corrected chi connectivity index (χ0v) is 12.1. The van der Waals surface area contributed by atoms with Gasteiger partial charge in [-0.3, -0.25) is 4.79 Å². The number of carbonyl (C=O) groups excluding carboxylic acids is 1. The van der Waals surface area contributed by atoms with Gasteiger partial charge >= 0.3 is 0 Å². The van der Waals surface area contributed by atoms with Gasteiger partial charge in [0.25, 0.3) is 5.91 Å². The Labute approximate surface area is 119 Å². The lowest BCUT2D eigenvalue weighted by Crippen LogP contribution is -2.41. The van der Waals surface area contributed by atoms with Crippen molar-refractivity contribution in [2.75, 3.05) is 32.5 Å². The largest absolute Gasteiger partial charge is 0.494 e. The number of ether oxygens (including phenoxy) is 2. The molecule has 5 nitrogen and oxygen atoms in total. The molecule has 0 bridgehead atoms. The van der Waals surface area contributed by atoms with Crippen molar-refractivity contribution in [1.29, 1.82) is 0 Å². The number of hydrogen-bond acceptors (Lipinski definition) is 4. The average Bonchev–Trinajstić information content (AvgIpc) is 2.47. The molecule has 0 atom stereocenters. The minimum atomic E-state index is -0.0240. The maximum Gasteiger partial charge on any atom is 0.257 e. The second-order valence-electron chi connectivity index (χ2n) is 4.87. The lowest BCUT2D eigenvalue weighted by Gasteiger charge is -2.32. The Morgan fingerprint density at radius 1 is 1.40 bits per heavy atom. The Morgan fingerprint density at radius 2 is 2.10 bits per heavy atom. The van der Waals surface area contributed by atoms with E-state index in [1.54, 1.807) is 18.2 Å². The standard InChI is InChI=1S/C15H22N2O3/c1-3-20-11-7-9-17(10-8-11)15(18)12-5-4-6-13(16)14(12)19-2/h4-6,11H,3,7-10,16H2,1-2H3. The van der Waals surface area contributed by atoms with E-state index < -0.39 is 0 Å². The molecule has 1 aliphatic heterocycles. The summed E-state index contributed by atoms with van der Waals surface area (Å²) in [6.45, 7) is 4.14. The van der Waals surface area contributed by atoms with Crippen LogP contribution in [0.4, 0.5) is 5.69 Å². The minimum absolute atomic E-state index is 0.0240. The quantitative estimate of drug-likeness (QED) is 0.855. The van der Waals surface area contributed by atoms with Gasteiger partial charge in [-0.15, -0.1) is 0 Å². The number of methoxy groups -OCH3 is 1. The van der Waals surface area contributed by atoms with E-state index in [-0.39, 0.29) is 12.0 Å². The zero-order chi connectivity index (χ0) is 14.5. The number of anilines is 1. The molecule has 20 heavy (non-hydrogen) atoms. The predicted octanol–water partition coefficient (Wildman–Crippen LogP) is 1.92. The monoisotopic (exact) mass is 278 g/mol. The van der Waals surface area contributed by atoms with E-state index in [9.17, 15) is 4.79 Å². The van der Waals surface area contributed by atoms with Crippen molar-refractivity contribution in [1.82, 2.24) is 4.90 Å². The van der Waals surface area contributed by atoms with Crippen molar-refractivity contribution in [3.63, 3.8) is 0 Å². The van der Waals surface area contributed by atoms with Crippen LogP contribution in [-0.4, -0.2) is 43.7 Å². The molecule has 1 fully saturated rings. The maximum absolute atomic E-state index is 12.5. The van der Waals surface area contributed by atoms with Gasteiger partial charge in [-0.2, -0.15) is 0 Å². The number of para-hydroxylation sites is 1. The number of carbonyl (C=O) groups is 1. The molecule has 1 heterocycles. The number of nitrogens with two attached hydrogens (primary N) is 1. The molecule has 0 saturated carbocycles. The molecule has 2 rings (SSSR count). The second kappa shape index (κ2) is 6.61. The van der Waals surface area contributed by atoms with E-state index in [0.717, 1.165) is 19.4 Å². The van der Waals surface area contributed by atoms with Crippen LogP contribution in [0.1, 0.15) is 30.1 Å². The van der Waals surface area contributed by atoms with Crippen LogP contribution in [0.2, 0.25) is 0 Å². The summed E-state index contributed by atoms with van der Waals surface area (Å²) < 4.78 is 10.8. The molecule has 1 saturated heterocycles. The van der Waals surface area contributed by atoms with Crippen LogP contribution < -0.4 is 10.5 Å². The summed E-state index contributed by atoms with van der Waals surface area (Å²) in [7, 11) is 1.53. The van der Waals surface area contributed by atoms with Gasteiger partial charge in [-0.1, -0.05) is 6.07 Å². The van der Waals surface area contributed by atoms with Gasteiger partial charge in [0.05, 0.1) is 24.5 Å². The molecule has 0 unspecified atom stereocenters. The highest BCUT2D eigenvalue weighted by Gasteiger charge is 2.26. The van der Waals surface area contributed by atoms with Crippen LogP contribution in [0.15, 0.2) is 18.2 Å². The smallest absolute Gasteiger partial charge is 0.257 e. The third-order valence-electron chi connectivity index (χ3n) is 3.61. The summed E-state index contributed by atoms with van der Waals surface area (Å²) in [4.78, 5) is 14.4. The first-order valence-corrected chi connectivity index (χ1v) is 7.00. The van der Waals surface area contributed by atoms with Crippen LogP contribution in [0, 0.1) is 0 Å². The highest BCUT2D eigenvalue weighted by Crippen LogP contribution is 2.28. The van der Waals surface area contributed by atoms with Crippen LogP contribution >= 0.6 is 0 Å². The first-order valence-electron chi connectivity index (χ1n) is 7.00. The summed E-state index contributed by atoms with van der Waals surface area (Å²) in [6.07, 6.45) is 2.03. The predicted molar refractivity (Wildman–Crippen MR) is 78.0 cm³/mol. The van der Waals surface area contributed by atoms with E-state index in [0.29, 0.717) is 30.1 Å². The highest BCUT2D eigenvalue weighted by molar-refractivity contribution is 5.98.